The molecule has 0 spiro atoms. The molecule has 38 heavy (non-hydrogen) atoms. The number of rotatable bonds is 5. The van der Waals surface area contributed by atoms with Gasteiger partial charge in [-0.15, -0.1) is 10.2 Å². The van der Waals surface area contributed by atoms with Crippen molar-refractivity contribution in [3.8, 4) is 11.9 Å². The normalized spacial score (nSPS) is 12.1. The van der Waals surface area contributed by atoms with Crippen LogP contribution in [-0.2, 0) is 22.7 Å². The first-order valence-corrected chi connectivity index (χ1v) is 12.6. The average molecular weight is 559 g/mol. The highest BCUT2D eigenvalue weighted by molar-refractivity contribution is 7.89. The number of hydrogen-bond donors (Lipinski definition) is 3. The number of hydrogen-bond acceptors (Lipinski definition) is 6. The van der Waals surface area contributed by atoms with E-state index in [0.717, 1.165) is 6.07 Å². The van der Waals surface area contributed by atoms with Crippen LogP contribution in [0.3, 0.4) is 0 Å². The van der Waals surface area contributed by atoms with Crippen molar-refractivity contribution in [3.05, 3.63) is 83.4 Å². The summed E-state index contributed by atoms with van der Waals surface area (Å²) in [6.07, 6.45) is -4.61. The number of halogens is 3. The van der Waals surface area contributed by atoms with Crippen LogP contribution in [0.5, 0.6) is 5.88 Å². The molecule has 0 saturated carbocycles. The molecule has 0 bridgehead atoms. The Morgan fingerprint density at radius 3 is 2.50 bits per heavy atom. The Morgan fingerprint density at radius 2 is 1.82 bits per heavy atom. The summed E-state index contributed by atoms with van der Waals surface area (Å²) in [5.41, 5.74) is -0.559. The molecule has 0 aliphatic heterocycles. The maximum Gasteiger partial charge on any atom is 0.416 e. The first-order valence-electron chi connectivity index (χ1n) is 10.6. The van der Waals surface area contributed by atoms with E-state index in [0.29, 0.717) is 5.52 Å². The number of nitrogens with one attached hydrogen (secondary N) is 1. The second-order valence-corrected chi connectivity index (χ2v) is 9.84. The number of sulfonamides is 1. The van der Waals surface area contributed by atoms with Gasteiger partial charge in [-0.1, -0.05) is 30.3 Å². The fraction of sp³-hybridized carbons (Fsp3) is 0.0833. The zero-order valence-corrected chi connectivity index (χ0v) is 20.8. The minimum Gasteiger partial charge on any atom is -0.493 e. The maximum atomic E-state index is 13.6. The predicted octanol–water partition coefficient (Wildman–Crippen LogP) is 5.41. The first-order chi connectivity index (χ1) is 17.9. The second-order valence-electron chi connectivity index (χ2n) is 7.93. The number of benzene rings is 3. The Balaban J connectivity index is 1.75. The molecule has 9 nitrogen and oxygen atoms in total. The number of nitrogens with zero attached hydrogens (tertiary/aromatic N) is 4. The van der Waals surface area contributed by atoms with Gasteiger partial charge in [0.15, 0.2) is 5.69 Å². The highest BCUT2D eigenvalue weighted by atomic mass is 32.2. The molecule has 194 valence electrons. The van der Waals surface area contributed by atoms with Crippen LogP contribution in [0.2, 0.25) is 0 Å². The van der Waals surface area contributed by atoms with Crippen LogP contribution in [0.1, 0.15) is 16.7 Å². The number of primary sulfonamides is 1. The molecule has 4 rings (SSSR count). The number of nitrogens with two attached hydrogens (primary N) is 1. The fourth-order valence-electron chi connectivity index (χ4n) is 3.81. The van der Waals surface area contributed by atoms with Gasteiger partial charge in [0, 0.05) is 5.39 Å². The van der Waals surface area contributed by atoms with Crippen molar-refractivity contribution in [2.24, 2.45) is 15.4 Å². The molecular formula is C24H17F3N6O3S2. The molecule has 4 aromatic rings. The molecular weight excluding hydrogens is 541 g/mol. The van der Waals surface area contributed by atoms with E-state index in [1.807, 2.05) is 6.07 Å². The van der Waals surface area contributed by atoms with Crippen LogP contribution >= 0.6 is 12.2 Å². The highest BCUT2D eigenvalue weighted by Gasteiger charge is 2.33. The van der Waals surface area contributed by atoms with Gasteiger partial charge < -0.3 is 15.0 Å². The third-order valence-corrected chi connectivity index (χ3v) is 6.62. The lowest BCUT2D eigenvalue weighted by Gasteiger charge is -2.14. The molecule has 1 heterocycles. The Morgan fingerprint density at radius 1 is 1.13 bits per heavy atom. The maximum absolute atomic E-state index is 13.6. The molecule has 0 amide bonds. The molecule has 0 saturated heterocycles. The molecule has 0 aliphatic carbocycles. The smallest absolute Gasteiger partial charge is 0.416 e. The van der Waals surface area contributed by atoms with Crippen LogP contribution in [0.15, 0.2) is 81.9 Å². The van der Waals surface area contributed by atoms with Crippen molar-refractivity contribution in [3.63, 3.8) is 0 Å². The lowest BCUT2D eigenvalue weighted by atomic mass is 10.1. The molecule has 4 N–H and O–H groups in total. The number of anilines is 1. The SMILES string of the molecule is N#Cc1ccc2c(c1)c(N=NC(=S)Nc1ccccc1S(N)(=O)=O)c(O)n2Cc1ccccc1C(F)(F)F. The third-order valence-electron chi connectivity index (χ3n) is 5.47. The summed E-state index contributed by atoms with van der Waals surface area (Å²) in [7, 11) is -4.08. The van der Waals surface area contributed by atoms with Crippen LogP contribution in [0.25, 0.3) is 10.9 Å². The van der Waals surface area contributed by atoms with Gasteiger partial charge in [0.05, 0.1) is 34.9 Å². The largest absolute Gasteiger partial charge is 0.493 e. The summed E-state index contributed by atoms with van der Waals surface area (Å²) in [5, 5.41) is 35.8. The lowest BCUT2D eigenvalue weighted by molar-refractivity contribution is -0.138. The Hall–Kier alpha value is -4.32. The van der Waals surface area contributed by atoms with Gasteiger partial charge in [-0.25, -0.2) is 13.6 Å². The standard InChI is InChI=1S/C24H17F3N6O3S2/c25-24(26,27)17-6-2-1-5-15(17)13-33-19-10-9-14(12-28)11-16(19)21(22(33)34)31-32-23(37)30-18-7-3-4-8-20(18)38(29,35)36/h1-11,34H,13H2,(H,30,37)(H2,29,35,36). The van der Waals surface area contributed by atoms with Crippen molar-refractivity contribution in [2.75, 3.05) is 5.32 Å². The summed E-state index contributed by atoms with van der Waals surface area (Å²) >= 11 is 5.13. The Bertz CT molecular complexity index is 1740. The third kappa shape index (κ3) is 5.49. The van der Waals surface area contributed by atoms with Crippen molar-refractivity contribution < 1.29 is 26.7 Å². The topological polar surface area (TPSA) is 146 Å². The molecule has 1 aromatic heterocycles. The molecule has 3 aromatic carbocycles. The van der Waals surface area contributed by atoms with Gasteiger partial charge >= 0.3 is 6.18 Å². The van der Waals surface area contributed by atoms with Gasteiger partial charge in [0.2, 0.25) is 21.0 Å². The number of aromatic nitrogens is 1. The second kappa shape index (κ2) is 10.2. The molecule has 0 aliphatic rings. The summed E-state index contributed by atoms with van der Waals surface area (Å²) in [6.45, 7) is -0.357. The number of fused-ring (bicyclic) bond motifs is 1. The monoisotopic (exact) mass is 558 g/mol. The number of nitriles is 1. The van der Waals surface area contributed by atoms with Crippen LogP contribution < -0.4 is 10.5 Å². The van der Waals surface area contributed by atoms with Crippen molar-refractivity contribution in [1.29, 1.82) is 5.26 Å². The lowest BCUT2D eigenvalue weighted by Crippen LogP contribution is -2.16. The van der Waals surface area contributed by atoms with E-state index in [9.17, 15) is 32.0 Å². The molecule has 0 radical (unpaired) electrons. The zero-order chi connectivity index (χ0) is 27.7. The molecule has 0 atom stereocenters. The number of azo groups is 1. The van der Waals surface area contributed by atoms with Crippen molar-refractivity contribution >= 4 is 49.6 Å². The van der Waals surface area contributed by atoms with Gasteiger partial charge in [-0.3, -0.25) is 0 Å². The van der Waals surface area contributed by atoms with Crippen LogP contribution in [0.4, 0.5) is 24.5 Å². The molecule has 0 unspecified atom stereocenters. The minimum absolute atomic E-state index is 0.0427. The van der Waals surface area contributed by atoms with Gasteiger partial charge in [0.25, 0.3) is 0 Å². The minimum atomic E-state index is -4.61. The predicted molar refractivity (Wildman–Crippen MR) is 137 cm³/mol. The zero-order valence-electron chi connectivity index (χ0n) is 19.1. The van der Waals surface area contributed by atoms with E-state index in [4.69, 9.17) is 17.4 Å². The Kier molecular flexibility index (Phi) is 7.18. The fourth-order valence-corrected chi connectivity index (χ4v) is 4.65. The van der Waals surface area contributed by atoms with E-state index in [-0.39, 0.29) is 44.4 Å². The van der Waals surface area contributed by atoms with E-state index in [1.54, 1.807) is 6.07 Å². The first kappa shape index (κ1) is 26.7. The highest BCUT2D eigenvalue weighted by Crippen LogP contribution is 2.41. The Labute approximate surface area is 219 Å². The summed E-state index contributed by atoms with van der Waals surface area (Å²) < 4.78 is 65.5. The summed E-state index contributed by atoms with van der Waals surface area (Å²) in [4.78, 5) is -0.237. The van der Waals surface area contributed by atoms with Gasteiger partial charge in [-0.05, 0) is 54.2 Å². The van der Waals surface area contributed by atoms with E-state index in [2.05, 4.69) is 15.5 Å². The van der Waals surface area contributed by atoms with Crippen molar-refractivity contribution in [1.82, 2.24) is 4.57 Å². The van der Waals surface area contributed by atoms with Crippen LogP contribution in [0, 0.1) is 11.3 Å². The van der Waals surface area contributed by atoms with E-state index >= 15 is 0 Å². The number of para-hydroxylation sites is 1. The number of alkyl halides is 3. The number of thiocarbonyl (C=S) groups is 1. The average Bonchev–Trinajstić information content (AvgIpc) is 3.11. The summed E-state index contributed by atoms with van der Waals surface area (Å²) in [5.74, 6) is -0.511. The van der Waals surface area contributed by atoms with Gasteiger partial charge in [0.1, 0.15) is 4.90 Å². The molecule has 0 fully saturated rings. The van der Waals surface area contributed by atoms with Gasteiger partial charge in [-0.2, -0.15) is 18.4 Å². The van der Waals surface area contributed by atoms with Crippen molar-refractivity contribution in [2.45, 2.75) is 17.6 Å². The molecule has 14 heteroatoms. The number of aromatic hydroxyl groups is 1. The van der Waals surface area contributed by atoms with E-state index in [1.165, 1.54) is 59.2 Å². The quantitative estimate of drug-likeness (QED) is 0.220. The summed E-state index contributed by atoms with van der Waals surface area (Å²) in [6, 6.07) is 16.9. The van der Waals surface area contributed by atoms with Crippen LogP contribution in [-0.4, -0.2) is 23.2 Å². The van der Waals surface area contributed by atoms with E-state index < -0.39 is 27.6 Å².